The summed E-state index contributed by atoms with van der Waals surface area (Å²) < 4.78 is 0. The fourth-order valence-corrected chi connectivity index (χ4v) is 2.18. The Morgan fingerprint density at radius 1 is 1.05 bits per heavy atom. The predicted octanol–water partition coefficient (Wildman–Crippen LogP) is 3.40. The topological polar surface area (TPSA) is 66.4 Å². The third-order valence-corrected chi connectivity index (χ3v) is 3.46. The standard InChI is InChI=1S/C17H16ClNO3/c18-15-8-6-13(7-9-15)16(20)19-10-2-4-12-3-1-5-14(11-12)17(21)22/h1,3,5-9,11H,2,4,10H2,(H,19,20)(H,21,22). The van der Waals surface area contributed by atoms with Gasteiger partial charge in [0.15, 0.2) is 0 Å². The van der Waals surface area contributed by atoms with Gasteiger partial charge in [-0.15, -0.1) is 0 Å². The number of aromatic carboxylic acids is 1. The first kappa shape index (κ1) is 16.0. The molecule has 0 bridgehead atoms. The lowest BCUT2D eigenvalue weighted by Gasteiger charge is -2.06. The van der Waals surface area contributed by atoms with Gasteiger partial charge < -0.3 is 10.4 Å². The molecule has 0 aliphatic rings. The molecule has 0 unspecified atom stereocenters. The number of hydrogen-bond donors (Lipinski definition) is 2. The van der Waals surface area contributed by atoms with E-state index >= 15 is 0 Å². The van der Waals surface area contributed by atoms with Gasteiger partial charge in [-0.2, -0.15) is 0 Å². The van der Waals surface area contributed by atoms with Crippen LogP contribution >= 0.6 is 11.6 Å². The van der Waals surface area contributed by atoms with Gasteiger partial charge in [0, 0.05) is 17.1 Å². The zero-order chi connectivity index (χ0) is 15.9. The van der Waals surface area contributed by atoms with Crippen LogP contribution < -0.4 is 5.32 Å². The van der Waals surface area contributed by atoms with Crippen LogP contribution in [0.3, 0.4) is 0 Å². The molecule has 22 heavy (non-hydrogen) atoms. The molecule has 2 aromatic carbocycles. The first-order valence-corrected chi connectivity index (χ1v) is 7.30. The highest BCUT2D eigenvalue weighted by atomic mass is 35.5. The zero-order valence-corrected chi connectivity index (χ0v) is 12.6. The van der Waals surface area contributed by atoms with Gasteiger partial charge in [-0.25, -0.2) is 4.79 Å². The highest BCUT2D eigenvalue weighted by Crippen LogP contribution is 2.10. The van der Waals surface area contributed by atoms with E-state index in [1.807, 2.05) is 6.07 Å². The van der Waals surface area contributed by atoms with E-state index in [1.54, 1.807) is 42.5 Å². The maximum Gasteiger partial charge on any atom is 0.335 e. The second-order valence-corrected chi connectivity index (χ2v) is 5.31. The van der Waals surface area contributed by atoms with Gasteiger partial charge in [-0.05, 0) is 54.8 Å². The summed E-state index contributed by atoms with van der Waals surface area (Å²) in [6, 6.07) is 13.5. The smallest absolute Gasteiger partial charge is 0.335 e. The minimum absolute atomic E-state index is 0.143. The summed E-state index contributed by atoms with van der Waals surface area (Å²) in [5.41, 5.74) is 1.79. The first-order chi connectivity index (χ1) is 10.6. The van der Waals surface area contributed by atoms with E-state index in [4.69, 9.17) is 16.7 Å². The molecule has 2 aromatic rings. The Balaban J connectivity index is 1.79. The molecule has 114 valence electrons. The van der Waals surface area contributed by atoms with Crippen LogP contribution in [0.25, 0.3) is 0 Å². The summed E-state index contributed by atoms with van der Waals surface area (Å²) in [5, 5.41) is 12.4. The van der Waals surface area contributed by atoms with Crippen LogP contribution in [0, 0.1) is 0 Å². The molecule has 0 aliphatic heterocycles. The number of carboxylic acid groups (broad SMARTS) is 1. The van der Waals surface area contributed by atoms with Crippen LogP contribution in [0.15, 0.2) is 48.5 Å². The average molecular weight is 318 g/mol. The minimum atomic E-state index is -0.933. The average Bonchev–Trinajstić information content (AvgIpc) is 2.52. The Morgan fingerprint density at radius 3 is 2.45 bits per heavy atom. The molecule has 0 fully saturated rings. The number of rotatable bonds is 6. The van der Waals surface area contributed by atoms with E-state index < -0.39 is 5.97 Å². The van der Waals surface area contributed by atoms with Crippen molar-refractivity contribution in [2.45, 2.75) is 12.8 Å². The van der Waals surface area contributed by atoms with Crippen LogP contribution in [0.4, 0.5) is 0 Å². The lowest BCUT2D eigenvalue weighted by atomic mass is 10.1. The number of aryl methyl sites for hydroxylation is 1. The van der Waals surface area contributed by atoms with Crippen molar-refractivity contribution in [3.63, 3.8) is 0 Å². The van der Waals surface area contributed by atoms with Crippen molar-refractivity contribution in [3.8, 4) is 0 Å². The van der Waals surface area contributed by atoms with Crippen molar-refractivity contribution >= 4 is 23.5 Å². The first-order valence-electron chi connectivity index (χ1n) is 6.92. The van der Waals surface area contributed by atoms with Crippen molar-refractivity contribution in [3.05, 3.63) is 70.2 Å². The molecular formula is C17H16ClNO3. The van der Waals surface area contributed by atoms with E-state index in [2.05, 4.69) is 5.32 Å². The maximum atomic E-state index is 11.9. The fourth-order valence-electron chi connectivity index (χ4n) is 2.06. The predicted molar refractivity (Wildman–Crippen MR) is 85.5 cm³/mol. The maximum absolute atomic E-state index is 11.9. The molecule has 0 aliphatic carbocycles. The Bertz CT molecular complexity index is 668. The quantitative estimate of drug-likeness (QED) is 0.802. The molecule has 5 heteroatoms. The van der Waals surface area contributed by atoms with E-state index in [1.165, 1.54) is 0 Å². The highest BCUT2D eigenvalue weighted by molar-refractivity contribution is 6.30. The van der Waals surface area contributed by atoms with Gasteiger partial charge in [0.25, 0.3) is 5.91 Å². The van der Waals surface area contributed by atoms with E-state index in [9.17, 15) is 9.59 Å². The largest absolute Gasteiger partial charge is 0.478 e. The van der Waals surface area contributed by atoms with Crippen molar-refractivity contribution in [2.75, 3.05) is 6.54 Å². The van der Waals surface area contributed by atoms with Gasteiger partial charge in [0.1, 0.15) is 0 Å². The van der Waals surface area contributed by atoms with Crippen molar-refractivity contribution in [1.82, 2.24) is 5.32 Å². The van der Waals surface area contributed by atoms with Crippen molar-refractivity contribution in [1.29, 1.82) is 0 Å². The Hall–Kier alpha value is -2.33. The lowest BCUT2D eigenvalue weighted by Crippen LogP contribution is -2.24. The summed E-state index contributed by atoms with van der Waals surface area (Å²) in [6.07, 6.45) is 1.45. The number of carboxylic acids is 1. The van der Waals surface area contributed by atoms with E-state index in [-0.39, 0.29) is 11.5 Å². The number of carbonyl (C=O) groups excluding carboxylic acids is 1. The lowest BCUT2D eigenvalue weighted by molar-refractivity contribution is 0.0696. The van der Waals surface area contributed by atoms with Crippen LogP contribution in [-0.4, -0.2) is 23.5 Å². The van der Waals surface area contributed by atoms with Gasteiger partial charge in [0.05, 0.1) is 5.56 Å². The second kappa shape index (κ2) is 7.61. The molecule has 0 aromatic heterocycles. The van der Waals surface area contributed by atoms with Gasteiger partial charge >= 0.3 is 5.97 Å². The van der Waals surface area contributed by atoms with E-state index in [0.29, 0.717) is 23.6 Å². The SMILES string of the molecule is O=C(O)c1cccc(CCCNC(=O)c2ccc(Cl)cc2)c1. The number of nitrogens with one attached hydrogen (secondary N) is 1. The monoisotopic (exact) mass is 317 g/mol. The molecule has 1 amide bonds. The van der Waals surface area contributed by atoms with Gasteiger partial charge in [0.2, 0.25) is 0 Å². The van der Waals surface area contributed by atoms with Crippen LogP contribution in [0.5, 0.6) is 0 Å². The third kappa shape index (κ3) is 4.60. The Morgan fingerprint density at radius 2 is 1.77 bits per heavy atom. The molecule has 2 N–H and O–H groups in total. The molecule has 0 atom stereocenters. The van der Waals surface area contributed by atoms with Gasteiger partial charge in [-0.1, -0.05) is 23.7 Å². The third-order valence-electron chi connectivity index (χ3n) is 3.21. The highest BCUT2D eigenvalue weighted by Gasteiger charge is 2.05. The Kier molecular flexibility index (Phi) is 5.55. The van der Waals surface area contributed by atoms with Crippen LogP contribution in [0.2, 0.25) is 5.02 Å². The van der Waals surface area contributed by atoms with Crippen molar-refractivity contribution in [2.24, 2.45) is 0 Å². The normalized spacial score (nSPS) is 10.2. The van der Waals surface area contributed by atoms with Crippen LogP contribution in [-0.2, 0) is 6.42 Å². The molecule has 0 saturated carbocycles. The second-order valence-electron chi connectivity index (χ2n) is 4.87. The molecule has 0 spiro atoms. The molecule has 2 rings (SSSR count). The van der Waals surface area contributed by atoms with E-state index in [0.717, 1.165) is 12.0 Å². The molecule has 0 radical (unpaired) electrons. The summed E-state index contributed by atoms with van der Waals surface area (Å²) in [7, 11) is 0. The molecule has 0 heterocycles. The van der Waals surface area contributed by atoms with Crippen LogP contribution in [0.1, 0.15) is 32.7 Å². The number of hydrogen-bond acceptors (Lipinski definition) is 2. The van der Waals surface area contributed by atoms with Crippen molar-refractivity contribution < 1.29 is 14.7 Å². The summed E-state index contributed by atoms with van der Waals surface area (Å²) in [4.78, 5) is 22.8. The number of carbonyl (C=O) groups is 2. The number of amides is 1. The fraction of sp³-hybridized carbons (Fsp3) is 0.176. The van der Waals surface area contributed by atoms with Gasteiger partial charge in [-0.3, -0.25) is 4.79 Å². The molecule has 4 nitrogen and oxygen atoms in total. The number of halogens is 1. The Labute approximate surface area is 133 Å². The summed E-state index contributed by atoms with van der Waals surface area (Å²) in [6.45, 7) is 0.527. The minimum Gasteiger partial charge on any atom is -0.478 e. The molecule has 0 saturated heterocycles. The zero-order valence-electron chi connectivity index (χ0n) is 11.9. The summed E-state index contributed by atoms with van der Waals surface area (Å²) >= 11 is 5.77. The molecular weight excluding hydrogens is 302 g/mol. The summed E-state index contributed by atoms with van der Waals surface area (Å²) in [5.74, 6) is -1.08. The number of benzene rings is 2.